The van der Waals surface area contributed by atoms with Crippen molar-refractivity contribution in [3.63, 3.8) is 0 Å². The van der Waals surface area contributed by atoms with Crippen LogP contribution in [0.15, 0.2) is 30.5 Å². The Morgan fingerprint density at radius 1 is 1.33 bits per heavy atom. The van der Waals surface area contributed by atoms with Gasteiger partial charge in [-0.05, 0) is 44.5 Å². The van der Waals surface area contributed by atoms with Crippen molar-refractivity contribution in [2.45, 2.75) is 70.1 Å². The van der Waals surface area contributed by atoms with Gasteiger partial charge in [0.2, 0.25) is 5.91 Å². The zero-order valence-corrected chi connectivity index (χ0v) is 19.5. The van der Waals surface area contributed by atoms with Crippen LogP contribution in [-0.2, 0) is 16.0 Å². The first-order valence-electron chi connectivity index (χ1n) is 11.4. The van der Waals surface area contributed by atoms with Crippen LogP contribution in [0.3, 0.4) is 0 Å². The molecule has 4 N–H and O–H groups in total. The van der Waals surface area contributed by atoms with Crippen LogP contribution in [0.2, 0.25) is 0 Å². The quantitative estimate of drug-likeness (QED) is 0.403. The zero-order chi connectivity index (χ0) is 24.0. The second kappa shape index (κ2) is 11.7. The van der Waals surface area contributed by atoms with E-state index >= 15 is 0 Å². The molecule has 182 valence electrons. The van der Waals surface area contributed by atoms with Gasteiger partial charge in [-0.3, -0.25) is 4.79 Å². The molecule has 1 aromatic carbocycles. The lowest BCUT2D eigenvalue weighted by Gasteiger charge is -2.36. The number of aliphatic hydroxyl groups excluding tert-OH is 3. The highest BCUT2D eigenvalue weighted by Crippen LogP contribution is 2.22. The summed E-state index contributed by atoms with van der Waals surface area (Å²) in [5.41, 5.74) is 2.27. The Kier molecular flexibility index (Phi) is 8.93. The molecule has 1 fully saturated rings. The van der Waals surface area contributed by atoms with Gasteiger partial charge >= 0.3 is 0 Å². The van der Waals surface area contributed by atoms with Crippen LogP contribution in [-0.4, -0.2) is 85.8 Å². The molecule has 1 aliphatic heterocycles. The van der Waals surface area contributed by atoms with Crippen LogP contribution in [0.4, 0.5) is 0 Å². The van der Waals surface area contributed by atoms with E-state index in [1.807, 2.05) is 32.0 Å². The standard InChI is InChI=1S/C23H35N5O5/c1-4-17-13-28(26-25-17)18-7-5-16(6-8-18)23(32)20(14-29)24-21(30)9-10-27(3)19-11-15(2)33-22(31)12-19/h5-8,13,15,19-20,22-23,29,31-32H,4,9-12,14H2,1-3H3,(H,24,30)/t15-,19?,20?,22-,23?/m1/s1. The van der Waals surface area contributed by atoms with Gasteiger partial charge in [0.25, 0.3) is 0 Å². The average molecular weight is 462 g/mol. The van der Waals surface area contributed by atoms with Gasteiger partial charge in [0.15, 0.2) is 6.29 Å². The Balaban J connectivity index is 1.52. The SMILES string of the molecule is CCc1cn(-c2ccc(C(O)C(CO)NC(=O)CCN(C)C3C[C@@H](C)O[C@@H](O)C3)cc2)nn1. The van der Waals surface area contributed by atoms with Crippen LogP contribution in [0.5, 0.6) is 0 Å². The van der Waals surface area contributed by atoms with E-state index < -0.39 is 25.0 Å². The maximum absolute atomic E-state index is 12.5. The minimum Gasteiger partial charge on any atom is -0.394 e. The summed E-state index contributed by atoms with van der Waals surface area (Å²) in [6, 6.07) is 6.41. The highest BCUT2D eigenvalue weighted by molar-refractivity contribution is 5.76. The van der Waals surface area contributed by atoms with Crippen LogP contribution in [0, 0.1) is 0 Å². The molecule has 0 radical (unpaired) electrons. The number of nitrogens with one attached hydrogen (secondary N) is 1. The number of benzene rings is 1. The number of hydrogen-bond acceptors (Lipinski definition) is 8. The molecule has 1 amide bonds. The average Bonchev–Trinajstić information content (AvgIpc) is 3.29. The number of rotatable bonds is 10. The highest BCUT2D eigenvalue weighted by Gasteiger charge is 2.29. The molecule has 2 aromatic rings. The van der Waals surface area contributed by atoms with Crippen molar-refractivity contribution in [3.05, 3.63) is 41.7 Å². The number of aliphatic hydroxyl groups is 3. The van der Waals surface area contributed by atoms with E-state index in [1.165, 1.54) is 0 Å². The van der Waals surface area contributed by atoms with Crippen LogP contribution in [0.1, 0.15) is 50.5 Å². The number of aryl methyl sites for hydroxylation is 1. The van der Waals surface area contributed by atoms with Gasteiger partial charge in [0.05, 0.1) is 36.3 Å². The largest absolute Gasteiger partial charge is 0.394 e. The summed E-state index contributed by atoms with van der Waals surface area (Å²) < 4.78 is 7.01. The van der Waals surface area contributed by atoms with Crippen molar-refractivity contribution in [2.75, 3.05) is 20.2 Å². The van der Waals surface area contributed by atoms with E-state index in [0.717, 1.165) is 24.2 Å². The van der Waals surface area contributed by atoms with Gasteiger partial charge in [0, 0.05) is 25.4 Å². The van der Waals surface area contributed by atoms with Crippen LogP contribution in [0.25, 0.3) is 5.69 Å². The number of amides is 1. The van der Waals surface area contributed by atoms with Crippen LogP contribution >= 0.6 is 0 Å². The second-order valence-electron chi connectivity index (χ2n) is 8.66. The summed E-state index contributed by atoms with van der Waals surface area (Å²) >= 11 is 0. The van der Waals surface area contributed by atoms with Crippen molar-refractivity contribution in [2.24, 2.45) is 0 Å². The van der Waals surface area contributed by atoms with E-state index in [2.05, 4.69) is 15.6 Å². The van der Waals surface area contributed by atoms with Gasteiger partial charge in [0.1, 0.15) is 6.10 Å². The third-order valence-corrected chi connectivity index (χ3v) is 6.11. The normalized spacial score (nSPS) is 22.8. The Labute approximate surface area is 194 Å². The van der Waals surface area contributed by atoms with Crippen molar-refractivity contribution >= 4 is 5.91 Å². The molecule has 10 heteroatoms. The number of hydrogen-bond donors (Lipinski definition) is 4. The summed E-state index contributed by atoms with van der Waals surface area (Å²) in [5.74, 6) is -0.257. The maximum Gasteiger partial charge on any atom is 0.221 e. The Bertz CT molecular complexity index is 880. The van der Waals surface area contributed by atoms with E-state index in [4.69, 9.17) is 4.74 Å². The number of carbonyl (C=O) groups is 1. The summed E-state index contributed by atoms with van der Waals surface area (Å²) in [6.45, 7) is 4.03. The molecule has 1 aliphatic rings. The molecule has 2 heterocycles. The Hall–Kier alpha value is -2.37. The second-order valence-corrected chi connectivity index (χ2v) is 8.66. The molecule has 3 rings (SSSR count). The summed E-state index contributed by atoms with van der Waals surface area (Å²) in [4.78, 5) is 14.5. The first kappa shape index (κ1) is 25.3. The lowest BCUT2D eigenvalue weighted by Crippen LogP contribution is -2.46. The van der Waals surface area contributed by atoms with Crippen molar-refractivity contribution in [1.82, 2.24) is 25.2 Å². The molecule has 1 aromatic heterocycles. The summed E-state index contributed by atoms with van der Waals surface area (Å²) in [5, 5.41) is 41.2. The Morgan fingerprint density at radius 2 is 2.06 bits per heavy atom. The molecule has 0 saturated carbocycles. The third kappa shape index (κ3) is 6.81. The topological polar surface area (TPSA) is 133 Å². The summed E-state index contributed by atoms with van der Waals surface area (Å²) in [6.07, 6.45) is 2.28. The first-order chi connectivity index (χ1) is 15.8. The first-order valence-corrected chi connectivity index (χ1v) is 11.4. The number of ether oxygens (including phenoxy) is 1. The fourth-order valence-corrected chi connectivity index (χ4v) is 4.06. The molecule has 5 atom stereocenters. The van der Waals surface area contributed by atoms with Gasteiger partial charge in [-0.2, -0.15) is 0 Å². The number of aromatic nitrogens is 3. The summed E-state index contributed by atoms with van der Waals surface area (Å²) in [7, 11) is 1.92. The minimum atomic E-state index is -1.06. The molecular weight excluding hydrogens is 426 g/mol. The fourth-order valence-electron chi connectivity index (χ4n) is 4.06. The molecular formula is C23H35N5O5. The monoisotopic (exact) mass is 461 g/mol. The maximum atomic E-state index is 12.5. The minimum absolute atomic E-state index is 0.0337. The van der Waals surface area contributed by atoms with Gasteiger partial charge < -0.3 is 30.3 Å². The van der Waals surface area contributed by atoms with Gasteiger partial charge in [-0.25, -0.2) is 4.68 Å². The molecule has 0 spiro atoms. The smallest absolute Gasteiger partial charge is 0.221 e. The fraction of sp³-hybridized carbons (Fsp3) is 0.609. The van der Waals surface area contributed by atoms with E-state index in [0.29, 0.717) is 18.5 Å². The lowest BCUT2D eigenvalue weighted by atomic mass is 10.0. The molecule has 0 aliphatic carbocycles. The molecule has 3 unspecified atom stereocenters. The van der Waals surface area contributed by atoms with Crippen molar-refractivity contribution < 1.29 is 24.9 Å². The predicted octanol–water partition coefficient (Wildman–Crippen LogP) is 0.548. The third-order valence-electron chi connectivity index (χ3n) is 6.11. The van der Waals surface area contributed by atoms with E-state index in [-0.39, 0.29) is 24.5 Å². The molecule has 0 bridgehead atoms. The van der Waals surface area contributed by atoms with Crippen LogP contribution < -0.4 is 5.32 Å². The molecule has 1 saturated heterocycles. The number of carbonyl (C=O) groups excluding carboxylic acids is 1. The zero-order valence-electron chi connectivity index (χ0n) is 19.5. The number of nitrogens with zero attached hydrogens (tertiary/aromatic N) is 4. The predicted molar refractivity (Wildman–Crippen MR) is 122 cm³/mol. The van der Waals surface area contributed by atoms with E-state index in [1.54, 1.807) is 28.9 Å². The lowest BCUT2D eigenvalue weighted by molar-refractivity contribution is -0.173. The highest BCUT2D eigenvalue weighted by atomic mass is 16.6. The van der Waals surface area contributed by atoms with Gasteiger partial charge in [-0.1, -0.05) is 24.3 Å². The molecule has 10 nitrogen and oxygen atoms in total. The molecule has 33 heavy (non-hydrogen) atoms. The van der Waals surface area contributed by atoms with E-state index in [9.17, 15) is 20.1 Å². The Morgan fingerprint density at radius 3 is 2.67 bits per heavy atom. The van der Waals surface area contributed by atoms with Crippen molar-refractivity contribution in [3.8, 4) is 5.69 Å². The van der Waals surface area contributed by atoms with Crippen molar-refractivity contribution in [1.29, 1.82) is 0 Å². The van der Waals surface area contributed by atoms with Gasteiger partial charge in [-0.15, -0.1) is 5.10 Å².